The number of aryl methyl sites for hydroxylation is 1. The van der Waals surface area contributed by atoms with Crippen LogP contribution in [0.25, 0.3) is 0 Å². The van der Waals surface area contributed by atoms with Crippen molar-refractivity contribution in [3.63, 3.8) is 0 Å². The molecule has 142 valence electrons. The van der Waals surface area contributed by atoms with Crippen molar-refractivity contribution in [3.05, 3.63) is 23.3 Å². The second kappa shape index (κ2) is 8.12. The number of likely N-dealkylation sites (N-methyl/N-ethyl adjacent to an activating group) is 1. The molecule has 1 saturated heterocycles. The quantitative estimate of drug-likeness (QED) is 0.801. The number of hydrogen-bond acceptors (Lipinski definition) is 5. The third kappa shape index (κ3) is 4.20. The zero-order valence-corrected chi connectivity index (χ0v) is 16.0. The number of nitrogens with zero attached hydrogens (tertiary/aromatic N) is 4. The average molecular weight is 359 g/mol. The second-order valence-corrected chi connectivity index (χ2v) is 7.17. The molecule has 0 aromatic carbocycles. The molecule has 0 radical (unpaired) electrons. The summed E-state index contributed by atoms with van der Waals surface area (Å²) in [6.07, 6.45) is 5.45. The topological polar surface area (TPSA) is 78.4 Å². The van der Waals surface area contributed by atoms with Crippen molar-refractivity contribution in [1.29, 1.82) is 0 Å². The van der Waals surface area contributed by atoms with E-state index in [2.05, 4.69) is 34.0 Å². The van der Waals surface area contributed by atoms with E-state index in [0.717, 1.165) is 45.3 Å². The molecule has 1 aromatic rings. The van der Waals surface area contributed by atoms with Gasteiger partial charge in [0, 0.05) is 18.8 Å². The van der Waals surface area contributed by atoms with Crippen molar-refractivity contribution in [3.8, 4) is 0 Å². The summed E-state index contributed by atoms with van der Waals surface area (Å²) in [5, 5.41) is 3.02. The number of amides is 2. The van der Waals surface area contributed by atoms with Crippen LogP contribution in [-0.2, 0) is 4.79 Å². The van der Waals surface area contributed by atoms with Gasteiger partial charge in [-0.05, 0) is 45.7 Å². The van der Waals surface area contributed by atoms with Crippen LogP contribution in [0.4, 0.5) is 0 Å². The molecule has 1 aliphatic heterocycles. The van der Waals surface area contributed by atoms with Crippen LogP contribution < -0.4 is 5.32 Å². The molecule has 1 aliphatic carbocycles. The highest BCUT2D eigenvalue weighted by Gasteiger charge is 2.35. The van der Waals surface area contributed by atoms with Crippen molar-refractivity contribution in [2.24, 2.45) is 0 Å². The Morgan fingerprint density at radius 3 is 2.65 bits per heavy atom. The van der Waals surface area contributed by atoms with Crippen LogP contribution in [0.15, 0.2) is 6.20 Å². The molecule has 0 spiro atoms. The molecular formula is C19H29N5O2. The Kier molecular flexibility index (Phi) is 5.86. The molecule has 3 rings (SSSR count). The van der Waals surface area contributed by atoms with E-state index < -0.39 is 0 Å². The predicted molar refractivity (Wildman–Crippen MR) is 98.7 cm³/mol. The third-order valence-electron chi connectivity index (χ3n) is 5.24. The van der Waals surface area contributed by atoms with Gasteiger partial charge >= 0.3 is 0 Å². The fourth-order valence-electron chi connectivity index (χ4n) is 3.49. The first kappa shape index (κ1) is 18.8. The van der Waals surface area contributed by atoms with Crippen molar-refractivity contribution < 1.29 is 9.59 Å². The third-order valence-corrected chi connectivity index (χ3v) is 5.24. The first-order chi connectivity index (χ1) is 12.5. The minimum Gasteiger partial charge on any atom is -0.349 e. The van der Waals surface area contributed by atoms with Gasteiger partial charge in [-0.2, -0.15) is 0 Å². The number of carbonyl (C=O) groups excluding carboxylic acids is 2. The van der Waals surface area contributed by atoms with Crippen LogP contribution in [0.1, 0.15) is 67.4 Å². The highest BCUT2D eigenvalue weighted by atomic mass is 16.2. The predicted octanol–water partition coefficient (Wildman–Crippen LogP) is 1.68. The Balaban J connectivity index is 1.82. The van der Waals surface area contributed by atoms with Crippen LogP contribution in [0.2, 0.25) is 0 Å². The second-order valence-electron chi connectivity index (χ2n) is 7.17. The molecule has 1 N–H and O–H groups in total. The fourth-order valence-corrected chi connectivity index (χ4v) is 3.49. The molecule has 2 fully saturated rings. The van der Waals surface area contributed by atoms with Crippen LogP contribution in [-0.4, -0.2) is 63.8 Å². The minimum absolute atomic E-state index is 0.112. The lowest BCUT2D eigenvalue weighted by molar-refractivity contribution is -0.133. The maximum atomic E-state index is 12.9. The number of aromatic nitrogens is 2. The molecule has 26 heavy (non-hydrogen) atoms. The maximum absolute atomic E-state index is 12.9. The normalized spacial score (nSPS) is 19.8. The van der Waals surface area contributed by atoms with Gasteiger partial charge in [-0.3, -0.25) is 14.5 Å². The number of carbonyl (C=O) groups is 2. The molecule has 2 aliphatic rings. The number of nitrogens with one attached hydrogen (secondary N) is 1. The van der Waals surface area contributed by atoms with E-state index in [4.69, 9.17) is 0 Å². The molecule has 1 atom stereocenters. The van der Waals surface area contributed by atoms with E-state index in [1.165, 1.54) is 0 Å². The van der Waals surface area contributed by atoms with E-state index in [-0.39, 0.29) is 23.9 Å². The number of likely N-dealkylation sites (tertiary alicyclic amines) is 1. The monoisotopic (exact) mass is 359 g/mol. The zero-order chi connectivity index (χ0) is 18.7. The van der Waals surface area contributed by atoms with Gasteiger partial charge in [0.2, 0.25) is 5.91 Å². The van der Waals surface area contributed by atoms with Crippen LogP contribution in [0, 0.1) is 6.92 Å². The minimum atomic E-state index is -0.139. The lowest BCUT2D eigenvalue weighted by Gasteiger charge is -2.28. The van der Waals surface area contributed by atoms with Gasteiger partial charge in [-0.1, -0.05) is 13.8 Å². The molecule has 1 aromatic heterocycles. The van der Waals surface area contributed by atoms with E-state index in [0.29, 0.717) is 23.6 Å². The van der Waals surface area contributed by atoms with Crippen molar-refractivity contribution >= 4 is 11.8 Å². The summed E-state index contributed by atoms with van der Waals surface area (Å²) in [5.74, 6) is 0.623. The van der Waals surface area contributed by atoms with Crippen LogP contribution >= 0.6 is 0 Å². The number of hydrogen-bond donors (Lipinski definition) is 1. The van der Waals surface area contributed by atoms with Crippen LogP contribution in [0.5, 0.6) is 0 Å². The largest absolute Gasteiger partial charge is 0.349 e. The van der Waals surface area contributed by atoms with Crippen molar-refractivity contribution in [1.82, 2.24) is 25.1 Å². The molecule has 7 heteroatoms. The van der Waals surface area contributed by atoms with Gasteiger partial charge in [-0.15, -0.1) is 0 Å². The summed E-state index contributed by atoms with van der Waals surface area (Å²) in [6.45, 7) is 8.78. The number of rotatable bonds is 7. The lowest BCUT2D eigenvalue weighted by Crippen LogP contribution is -2.40. The van der Waals surface area contributed by atoms with E-state index in [1.807, 2.05) is 11.8 Å². The first-order valence-electron chi connectivity index (χ1n) is 9.69. The Labute approximate surface area is 155 Å². The van der Waals surface area contributed by atoms with Gasteiger partial charge in [0.25, 0.3) is 5.91 Å². The molecule has 7 nitrogen and oxygen atoms in total. The summed E-state index contributed by atoms with van der Waals surface area (Å²) >= 11 is 0. The highest BCUT2D eigenvalue weighted by Crippen LogP contribution is 2.33. The van der Waals surface area contributed by atoms with Gasteiger partial charge < -0.3 is 10.2 Å². The molecule has 1 saturated carbocycles. The molecule has 0 unspecified atom stereocenters. The summed E-state index contributed by atoms with van der Waals surface area (Å²) in [4.78, 5) is 38.3. The van der Waals surface area contributed by atoms with Crippen molar-refractivity contribution in [2.45, 2.75) is 58.5 Å². The van der Waals surface area contributed by atoms with E-state index >= 15 is 0 Å². The summed E-state index contributed by atoms with van der Waals surface area (Å²) in [6, 6.07) is 0.139. The van der Waals surface area contributed by atoms with E-state index in [9.17, 15) is 9.59 Å². The Morgan fingerprint density at radius 2 is 2.00 bits per heavy atom. The van der Waals surface area contributed by atoms with E-state index in [1.54, 1.807) is 6.20 Å². The lowest BCUT2D eigenvalue weighted by atomic mass is 10.0. The smallest absolute Gasteiger partial charge is 0.255 e. The molecule has 2 amide bonds. The van der Waals surface area contributed by atoms with Gasteiger partial charge in [0.1, 0.15) is 5.82 Å². The Hall–Kier alpha value is -2.02. The van der Waals surface area contributed by atoms with Crippen molar-refractivity contribution in [2.75, 3.05) is 26.2 Å². The molecular weight excluding hydrogens is 330 g/mol. The Bertz CT molecular complexity index is 670. The summed E-state index contributed by atoms with van der Waals surface area (Å²) in [5.41, 5.74) is 1.20. The maximum Gasteiger partial charge on any atom is 0.255 e. The summed E-state index contributed by atoms with van der Waals surface area (Å²) in [7, 11) is 0. The molecule has 2 heterocycles. The first-order valence-corrected chi connectivity index (χ1v) is 9.69. The summed E-state index contributed by atoms with van der Waals surface area (Å²) < 4.78 is 0. The van der Waals surface area contributed by atoms with Gasteiger partial charge in [-0.25, -0.2) is 9.97 Å². The van der Waals surface area contributed by atoms with Gasteiger partial charge in [0.15, 0.2) is 0 Å². The zero-order valence-electron chi connectivity index (χ0n) is 16.0. The fraction of sp³-hybridized carbons (Fsp3) is 0.684. The van der Waals surface area contributed by atoms with Crippen LogP contribution in [0.3, 0.4) is 0 Å². The SMILES string of the molecule is CCN(CC)CC(=O)N1CCC[C@H]1c1nc(C)ncc1C(=O)NC1CC1. The Morgan fingerprint density at radius 1 is 1.27 bits per heavy atom. The van der Waals surface area contributed by atoms with Gasteiger partial charge in [0.05, 0.1) is 23.8 Å². The molecule has 0 bridgehead atoms. The highest BCUT2D eigenvalue weighted by molar-refractivity contribution is 5.95. The standard InChI is InChI=1S/C19H29N5O2/c1-4-23(5-2)12-17(25)24-10-6-7-16(24)18-15(11-20-13(3)21-18)19(26)22-14-8-9-14/h11,14,16H,4-10,12H2,1-3H3,(H,22,26)/t16-/m0/s1. The average Bonchev–Trinajstić information content (AvgIpc) is 3.30.